The zero-order valence-corrected chi connectivity index (χ0v) is 27.4. The Balaban J connectivity index is 1.42. The number of fused-ring (bicyclic) bond motifs is 1. The highest BCUT2D eigenvalue weighted by atomic mass is 35.5. The van der Waals surface area contributed by atoms with E-state index in [4.69, 9.17) is 46.4 Å². The number of esters is 1. The molecule has 2 aromatic heterocycles. The highest BCUT2D eigenvalue weighted by Gasteiger charge is 2.26. The number of anilines is 2. The summed E-state index contributed by atoms with van der Waals surface area (Å²) in [6.45, 7) is 3.88. The van der Waals surface area contributed by atoms with Gasteiger partial charge >= 0.3 is 14.5 Å². The molecule has 2 heterocycles. The number of para-hydroxylation sites is 1. The average molecular weight is 661 g/mol. The molecule has 0 radical (unpaired) electrons. The molecule has 4 atom stereocenters. The van der Waals surface area contributed by atoms with Crippen molar-refractivity contribution < 1.29 is 28.1 Å². The summed E-state index contributed by atoms with van der Waals surface area (Å²) in [5, 5.41) is 5.02. The minimum absolute atomic E-state index is 0.0535. The van der Waals surface area contributed by atoms with Gasteiger partial charge < -0.3 is 33.6 Å². The molecule has 5 N–H and O–H groups in total. The predicted octanol–water partition coefficient (Wildman–Crippen LogP) is 4.39. The first-order valence-corrected chi connectivity index (χ1v) is 15.6. The quantitative estimate of drug-likeness (QED) is 0.0669. The maximum Gasteiger partial charge on any atom is 0.323 e. The van der Waals surface area contributed by atoms with Crippen LogP contribution in [0, 0.1) is 0 Å². The van der Waals surface area contributed by atoms with Gasteiger partial charge in [-0.15, -0.1) is 0 Å². The van der Waals surface area contributed by atoms with Gasteiger partial charge in [0.15, 0.2) is 17.0 Å². The number of benzene rings is 2. The molecule has 4 rings (SSSR count). The van der Waals surface area contributed by atoms with Gasteiger partial charge in [0.1, 0.15) is 24.1 Å². The van der Waals surface area contributed by atoms with Crippen LogP contribution >= 0.6 is 20.1 Å². The molecule has 14 nitrogen and oxygen atoms in total. The van der Waals surface area contributed by atoms with Crippen LogP contribution < -0.4 is 30.9 Å². The third-order valence-corrected chi connectivity index (χ3v) is 8.37. The van der Waals surface area contributed by atoms with Crippen LogP contribution in [-0.2, 0) is 25.4 Å². The number of halogens is 1. The molecule has 0 aliphatic carbocycles. The summed E-state index contributed by atoms with van der Waals surface area (Å²) in [6, 6.07) is 13.3. The van der Waals surface area contributed by atoms with Crippen LogP contribution in [0.25, 0.3) is 11.2 Å². The third kappa shape index (κ3) is 9.13. The Hall–Kier alpha value is -3.78. The lowest BCUT2D eigenvalue weighted by molar-refractivity contribution is -0.146. The highest BCUT2D eigenvalue weighted by Crippen LogP contribution is 2.37. The Morgan fingerprint density at radius 2 is 1.87 bits per heavy atom. The Morgan fingerprint density at radius 3 is 2.56 bits per heavy atom. The van der Waals surface area contributed by atoms with E-state index in [2.05, 4.69) is 20.0 Å². The summed E-state index contributed by atoms with van der Waals surface area (Å²) >= 11 is 6.05. The summed E-state index contributed by atoms with van der Waals surface area (Å²) in [7, 11) is 3.00. The SMILES string of the molecule is COc1ccccc1COC(=O)C(C)NP(OCC(CC(C)n1cnc2c(N(C)N)nc(N)nc21)OC)Oc1ccc(Cl)cc1. The minimum Gasteiger partial charge on any atom is -0.496 e. The molecule has 0 saturated carbocycles. The van der Waals surface area contributed by atoms with Crippen LogP contribution in [0.2, 0.25) is 5.02 Å². The van der Waals surface area contributed by atoms with E-state index in [1.807, 2.05) is 29.7 Å². The van der Waals surface area contributed by atoms with Crippen LogP contribution in [0.15, 0.2) is 54.9 Å². The maximum atomic E-state index is 12.9. The lowest BCUT2D eigenvalue weighted by Gasteiger charge is -2.25. The minimum atomic E-state index is -1.82. The number of hydrogen-bond acceptors (Lipinski definition) is 13. The smallest absolute Gasteiger partial charge is 0.323 e. The highest BCUT2D eigenvalue weighted by molar-refractivity contribution is 7.45. The molecule has 242 valence electrons. The fourth-order valence-corrected chi connectivity index (χ4v) is 5.69. The number of carbonyl (C=O) groups is 1. The lowest BCUT2D eigenvalue weighted by atomic mass is 10.1. The number of rotatable bonds is 16. The van der Waals surface area contributed by atoms with Crippen LogP contribution in [-0.4, -0.2) is 65.5 Å². The van der Waals surface area contributed by atoms with E-state index in [9.17, 15) is 4.79 Å². The van der Waals surface area contributed by atoms with Gasteiger partial charge in [-0.2, -0.15) is 9.97 Å². The van der Waals surface area contributed by atoms with Gasteiger partial charge in [-0.1, -0.05) is 29.8 Å². The average Bonchev–Trinajstić information content (AvgIpc) is 3.46. The van der Waals surface area contributed by atoms with Crippen molar-refractivity contribution in [2.75, 3.05) is 38.6 Å². The predicted molar refractivity (Wildman–Crippen MR) is 173 cm³/mol. The van der Waals surface area contributed by atoms with E-state index in [1.165, 1.54) is 5.01 Å². The van der Waals surface area contributed by atoms with E-state index < -0.39 is 20.5 Å². The molecular formula is C29H38ClN8O6P. The van der Waals surface area contributed by atoms with Crippen molar-refractivity contribution in [3.63, 3.8) is 0 Å². The Morgan fingerprint density at radius 1 is 1.13 bits per heavy atom. The van der Waals surface area contributed by atoms with Crippen molar-refractivity contribution in [2.45, 2.75) is 45.1 Å². The molecule has 2 aromatic carbocycles. The molecule has 4 aromatic rings. The van der Waals surface area contributed by atoms with Crippen LogP contribution in [0.5, 0.6) is 11.5 Å². The van der Waals surface area contributed by atoms with Crippen molar-refractivity contribution in [2.24, 2.45) is 5.84 Å². The van der Waals surface area contributed by atoms with Crippen molar-refractivity contribution in [3.05, 3.63) is 65.4 Å². The monoisotopic (exact) mass is 660 g/mol. The molecule has 0 spiro atoms. The van der Waals surface area contributed by atoms with Crippen molar-refractivity contribution >= 4 is 49.0 Å². The number of nitrogens with zero attached hydrogens (tertiary/aromatic N) is 5. The summed E-state index contributed by atoms with van der Waals surface area (Å²) < 4.78 is 30.8. The van der Waals surface area contributed by atoms with Crippen molar-refractivity contribution in [1.29, 1.82) is 0 Å². The fourth-order valence-electron chi connectivity index (χ4n) is 4.35. The zero-order valence-electron chi connectivity index (χ0n) is 25.7. The molecule has 45 heavy (non-hydrogen) atoms. The summed E-state index contributed by atoms with van der Waals surface area (Å²) in [5.41, 5.74) is 7.77. The molecule has 0 saturated heterocycles. The topological polar surface area (TPSA) is 174 Å². The van der Waals surface area contributed by atoms with Gasteiger partial charge in [-0.05, 0) is 50.6 Å². The molecule has 0 fully saturated rings. The second kappa shape index (κ2) is 16.0. The first-order chi connectivity index (χ1) is 21.6. The molecule has 0 bridgehead atoms. The molecule has 16 heteroatoms. The first-order valence-electron chi connectivity index (χ1n) is 14.0. The number of hydrazine groups is 1. The van der Waals surface area contributed by atoms with Crippen LogP contribution in [0.4, 0.5) is 11.8 Å². The summed E-state index contributed by atoms with van der Waals surface area (Å²) in [5.74, 6) is 7.09. The number of imidazole rings is 1. The first kappa shape index (κ1) is 34.1. The van der Waals surface area contributed by atoms with E-state index in [0.29, 0.717) is 39.9 Å². The Bertz CT molecular complexity index is 1560. The van der Waals surface area contributed by atoms with Gasteiger partial charge in [0.25, 0.3) is 0 Å². The van der Waals surface area contributed by atoms with Gasteiger partial charge in [-0.3, -0.25) is 9.80 Å². The van der Waals surface area contributed by atoms with Crippen molar-refractivity contribution in [3.8, 4) is 11.5 Å². The number of nitrogens with two attached hydrogens (primary N) is 2. The number of carbonyl (C=O) groups excluding carboxylic acids is 1. The van der Waals surface area contributed by atoms with E-state index in [-0.39, 0.29) is 31.3 Å². The summed E-state index contributed by atoms with van der Waals surface area (Å²) in [6.07, 6.45) is 1.84. The molecule has 0 aliphatic heterocycles. The Labute approximate surface area is 267 Å². The number of nitrogens with one attached hydrogen (secondary N) is 1. The van der Waals surface area contributed by atoms with E-state index in [0.717, 1.165) is 5.56 Å². The zero-order chi connectivity index (χ0) is 32.5. The third-order valence-electron chi connectivity index (χ3n) is 6.76. The van der Waals surface area contributed by atoms with Gasteiger partial charge in [0, 0.05) is 30.8 Å². The summed E-state index contributed by atoms with van der Waals surface area (Å²) in [4.78, 5) is 25.9. The van der Waals surface area contributed by atoms with Gasteiger partial charge in [0.05, 0.1) is 26.1 Å². The normalized spacial score (nSPS) is 14.0. The van der Waals surface area contributed by atoms with Crippen LogP contribution in [0.1, 0.15) is 31.9 Å². The number of nitrogen functional groups attached to an aromatic ring is 1. The Kier molecular flexibility index (Phi) is 12.1. The fraction of sp³-hybridized carbons (Fsp3) is 0.379. The standard InChI is InChI=1S/C29H38ClN8O6P/c1-18(38-17-33-25-26(37(3)32)34-29(31)35-27(25)38)14-23(40-4)16-43-45(44-22-12-10-21(30)11-13-22)36-19(2)28(39)42-15-20-8-6-7-9-24(20)41-5/h6-13,17-19,23,36H,14-16,32H2,1-5H3,(H2,31,34,35). The number of aromatic nitrogens is 4. The van der Waals surface area contributed by atoms with E-state index >= 15 is 0 Å². The van der Waals surface area contributed by atoms with Gasteiger partial charge in [0.2, 0.25) is 5.95 Å². The lowest BCUT2D eigenvalue weighted by Crippen LogP contribution is -2.34. The number of ether oxygens (including phenoxy) is 3. The molecule has 4 unspecified atom stereocenters. The second-order valence-electron chi connectivity index (χ2n) is 10.2. The maximum absolute atomic E-state index is 12.9. The van der Waals surface area contributed by atoms with Crippen LogP contribution in [0.3, 0.4) is 0 Å². The van der Waals surface area contributed by atoms with E-state index in [1.54, 1.807) is 64.9 Å². The second-order valence-corrected chi connectivity index (χ2v) is 11.8. The largest absolute Gasteiger partial charge is 0.496 e. The molecular weight excluding hydrogens is 623 g/mol. The number of methoxy groups -OCH3 is 2. The van der Waals surface area contributed by atoms with Crippen molar-refractivity contribution in [1.82, 2.24) is 24.6 Å². The number of hydrogen-bond donors (Lipinski definition) is 3. The molecule has 0 aliphatic rings. The van der Waals surface area contributed by atoms with Gasteiger partial charge in [-0.25, -0.2) is 15.9 Å². The molecule has 0 amide bonds.